The number of hydrogen-bond acceptors (Lipinski definition) is 3. The van der Waals surface area contributed by atoms with Crippen LogP contribution in [0.3, 0.4) is 0 Å². The maximum absolute atomic E-state index is 12.7. The molecule has 0 saturated heterocycles. The molecule has 5 nitrogen and oxygen atoms in total. The number of nitrogens with zero attached hydrogens (tertiary/aromatic N) is 1. The maximum Gasteiger partial charge on any atom is 0.312 e. The normalized spacial score (nSPS) is 15.9. The summed E-state index contributed by atoms with van der Waals surface area (Å²) in [6.07, 6.45) is 0.229. The Morgan fingerprint density at radius 2 is 1.88 bits per heavy atom. The lowest BCUT2D eigenvalue weighted by atomic mass is 10.0. The first-order chi connectivity index (χ1) is 11.6. The minimum absolute atomic E-state index is 0.102. The van der Waals surface area contributed by atoms with E-state index >= 15 is 0 Å². The molecular formula is C19H19NO4. The molecule has 24 heavy (non-hydrogen) atoms. The average molecular weight is 325 g/mol. The fourth-order valence-electron chi connectivity index (χ4n) is 2.99. The Hall–Kier alpha value is -2.82. The summed E-state index contributed by atoms with van der Waals surface area (Å²) in [7, 11) is 0. The summed E-state index contributed by atoms with van der Waals surface area (Å²) in [6, 6.07) is 14.6. The minimum atomic E-state index is -0.904. The van der Waals surface area contributed by atoms with E-state index in [-0.39, 0.29) is 18.9 Å². The molecule has 2 aromatic rings. The van der Waals surface area contributed by atoms with E-state index in [9.17, 15) is 14.7 Å². The summed E-state index contributed by atoms with van der Waals surface area (Å²) >= 11 is 0. The average Bonchev–Trinajstić information content (AvgIpc) is 2.97. The van der Waals surface area contributed by atoms with Gasteiger partial charge in [0.05, 0.1) is 13.0 Å². The second-order valence-electron chi connectivity index (χ2n) is 5.71. The molecule has 0 unspecified atom stereocenters. The molecule has 1 heterocycles. The molecule has 1 aliphatic rings. The van der Waals surface area contributed by atoms with Crippen LogP contribution in [-0.2, 0) is 16.0 Å². The largest absolute Gasteiger partial charge is 0.494 e. The lowest BCUT2D eigenvalue weighted by Gasteiger charge is -2.17. The predicted octanol–water partition coefficient (Wildman–Crippen LogP) is 2.84. The molecule has 0 spiro atoms. The summed E-state index contributed by atoms with van der Waals surface area (Å²) < 4.78 is 5.39. The van der Waals surface area contributed by atoms with E-state index in [2.05, 4.69) is 0 Å². The van der Waals surface area contributed by atoms with E-state index in [1.54, 1.807) is 23.1 Å². The van der Waals surface area contributed by atoms with Crippen molar-refractivity contribution in [2.24, 2.45) is 0 Å². The standard InChI is InChI=1S/C19H19NO4/c1-2-24-14-9-7-13(8-10-14)11-18(21)20-12-16(19(22)23)15-5-3-4-6-17(15)20/h3-10,16H,2,11-12H2,1H3,(H,22,23)/t16-/m1/s1. The van der Waals surface area contributed by atoms with Gasteiger partial charge in [-0.2, -0.15) is 0 Å². The molecule has 0 aromatic heterocycles. The highest BCUT2D eigenvalue weighted by molar-refractivity contribution is 5.99. The fraction of sp³-hybridized carbons (Fsp3) is 0.263. The van der Waals surface area contributed by atoms with Crippen LogP contribution in [-0.4, -0.2) is 30.1 Å². The van der Waals surface area contributed by atoms with Crippen LogP contribution >= 0.6 is 0 Å². The highest BCUT2D eigenvalue weighted by atomic mass is 16.5. The summed E-state index contributed by atoms with van der Waals surface area (Å²) in [5.41, 5.74) is 2.27. The fourth-order valence-corrected chi connectivity index (χ4v) is 2.99. The number of para-hydroxylation sites is 1. The lowest BCUT2D eigenvalue weighted by molar-refractivity contribution is -0.138. The van der Waals surface area contributed by atoms with Crippen molar-refractivity contribution in [3.63, 3.8) is 0 Å². The van der Waals surface area contributed by atoms with Crippen LogP contribution in [0.5, 0.6) is 5.75 Å². The number of fused-ring (bicyclic) bond motifs is 1. The van der Waals surface area contributed by atoms with Crippen molar-refractivity contribution in [2.45, 2.75) is 19.3 Å². The molecule has 1 atom stereocenters. The zero-order chi connectivity index (χ0) is 17.1. The van der Waals surface area contributed by atoms with Gasteiger partial charge in [0, 0.05) is 12.2 Å². The third kappa shape index (κ3) is 3.11. The van der Waals surface area contributed by atoms with E-state index in [0.717, 1.165) is 11.3 Å². The van der Waals surface area contributed by atoms with Crippen molar-refractivity contribution < 1.29 is 19.4 Å². The zero-order valence-corrected chi connectivity index (χ0v) is 13.4. The first-order valence-corrected chi connectivity index (χ1v) is 7.94. The minimum Gasteiger partial charge on any atom is -0.494 e. The smallest absolute Gasteiger partial charge is 0.312 e. The Kier molecular flexibility index (Phi) is 4.51. The molecule has 124 valence electrons. The van der Waals surface area contributed by atoms with Gasteiger partial charge >= 0.3 is 5.97 Å². The van der Waals surface area contributed by atoms with Crippen LogP contribution in [0.1, 0.15) is 24.0 Å². The molecule has 5 heteroatoms. The van der Waals surface area contributed by atoms with Crippen molar-refractivity contribution in [3.05, 3.63) is 59.7 Å². The van der Waals surface area contributed by atoms with Gasteiger partial charge in [-0.15, -0.1) is 0 Å². The Morgan fingerprint density at radius 1 is 1.17 bits per heavy atom. The number of hydrogen-bond donors (Lipinski definition) is 1. The van der Waals surface area contributed by atoms with Crippen molar-refractivity contribution in [3.8, 4) is 5.75 Å². The predicted molar refractivity (Wildman–Crippen MR) is 90.5 cm³/mol. The third-order valence-corrected chi connectivity index (χ3v) is 4.16. The first-order valence-electron chi connectivity index (χ1n) is 7.94. The van der Waals surface area contributed by atoms with E-state index in [4.69, 9.17) is 4.74 Å². The Labute approximate surface area is 140 Å². The van der Waals surface area contributed by atoms with Crippen molar-refractivity contribution >= 4 is 17.6 Å². The number of ether oxygens (including phenoxy) is 1. The SMILES string of the molecule is CCOc1ccc(CC(=O)N2C[C@@H](C(=O)O)c3ccccc32)cc1. The van der Waals surface area contributed by atoms with Crippen LogP contribution in [0, 0.1) is 0 Å². The summed E-state index contributed by atoms with van der Waals surface area (Å²) in [5.74, 6) is -0.897. The van der Waals surface area contributed by atoms with Crippen molar-refractivity contribution in [2.75, 3.05) is 18.1 Å². The molecule has 0 radical (unpaired) electrons. The van der Waals surface area contributed by atoms with Crippen molar-refractivity contribution in [1.82, 2.24) is 0 Å². The van der Waals surface area contributed by atoms with Gasteiger partial charge in [-0.25, -0.2) is 0 Å². The number of carbonyl (C=O) groups excluding carboxylic acids is 1. The number of amides is 1. The molecule has 2 aromatic carbocycles. The second kappa shape index (κ2) is 6.74. The summed E-state index contributed by atoms with van der Waals surface area (Å²) in [6.45, 7) is 2.70. The zero-order valence-electron chi connectivity index (χ0n) is 13.4. The van der Waals surface area contributed by atoms with E-state index in [1.165, 1.54) is 0 Å². The molecule has 0 aliphatic carbocycles. The van der Waals surface area contributed by atoms with Gasteiger partial charge in [-0.3, -0.25) is 9.59 Å². The van der Waals surface area contributed by atoms with Gasteiger partial charge < -0.3 is 14.7 Å². The Bertz CT molecular complexity index is 754. The monoisotopic (exact) mass is 325 g/mol. The van der Waals surface area contributed by atoms with E-state index < -0.39 is 11.9 Å². The molecular weight excluding hydrogens is 306 g/mol. The number of rotatable bonds is 5. The number of carboxylic acid groups (broad SMARTS) is 1. The van der Waals surface area contributed by atoms with Crippen LogP contribution in [0.2, 0.25) is 0 Å². The van der Waals surface area contributed by atoms with Crippen LogP contribution in [0.15, 0.2) is 48.5 Å². The van der Waals surface area contributed by atoms with Gasteiger partial charge in [0.2, 0.25) is 5.91 Å². The highest BCUT2D eigenvalue weighted by Crippen LogP contribution is 2.36. The molecule has 1 N–H and O–H groups in total. The van der Waals surface area contributed by atoms with Crippen molar-refractivity contribution in [1.29, 1.82) is 0 Å². The molecule has 0 saturated carbocycles. The van der Waals surface area contributed by atoms with E-state index in [0.29, 0.717) is 17.9 Å². The van der Waals surface area contributed by atoms with Gasteiger partial charge in [0.25, 0.3) is 0 Å². The van der Waals surface area contributed by atoms with Crippen LogP contribution in [0.4, 0.5) is 5.69 Å². The number of anilines is 1. The van der Waals surface area contributed by atoms with E-state index in [1.807, 2.05) is 37.3 Å². The summed E-state index contributed by atoms with van der Waals surface area (Å²) in [4.78, 5) is 25.7. The van der Waals surface area contributed by atoms with Gasteiger partial charge in [-0.05, 0) is 36.2 Å². The third-order valence-electron chi connectivity index (χ3n) is 4.16. The molecule has 3 rings (SSSR count). The Morgan fingerprint density at radius 3 is 2.54 bits per heavy atom. The van der Waals surface area contributed by atoms with Gasteiger partial charge in [0.15, 0.2) is 0 Å². The highest BCUT2D eigenvalue weighted by Gasteiger charge is 2.36. The Balaban J connectivity index is 1.77. The van der Waals surface area contributed by atoms with Gasteiger partial charge in [-0.1, -0.05) is 30.3 Å². The molecule has 1 amide bonds. The summed E-state index contributed by atoms with van der Waals surface area (Å²) in [5, 5.41) is 9.38. The molecule has 0 bridgehead atoms. The van der Waals surface area contributed by atoms with Crippen LogP contribution in [0.25, 0.3) is 0 Å². The number of carboxylic acids is 1. The topological polar surface area (TPSA) is 66.8 Å². The molecule has 1 aliphatic heterocycles. The van der Waals surface area contributed by atoms with Gasteiger partial charge in [0.1, 0.15) is 11.7 Å². The quantitative estimate of drug-likeness (QED) is 0.918. The maximum atomic E-state index is 12.7. The first kappa shape index (κ1) is 16.1. The number of benzene rings is 2. The van der Waals surface area contributed by atoms with Crippen LogP contribution < -0.4 is 9.64 Å². The number of aliphatic carboxylic acids is 1. The number of carbonyl (C=O) groups is 2. The lowest BCUT2D eigenvalue weighted by Crippen LogP contribution is -2.32. The molecule has 0 fully saturated rings. The second-order valence-corrected chi connectivity index (χ2v) is 5.71.